The number of nitriles is 1. The summed E-state index contributed by atoms with van der Waals surface area (Å²) >= 11 is 1.31. The molecule has 0 atom stereocenters. The van der Waals surface area contributed by atoms with Gasteiger partial charge in [-0.25, -0.2) is 0 Å². The first-order valence-electron chi connectivity index (χ1n) is 6.59. The largest absolute Gasteiger partial charge is 0.508 e. The molecule has 2 aromatic rings. The molecule has 100 valence electrons. The number of carbonyl (C=O) groups is 1. The minimum Gasteiger partial charge on any atom is -0.508 e. The average molecular weight is 283 g/mol. The summed E-state index contributed by atoms with van der Waals surface area (Å²) in [6, 6.07) is 8.49. The molecule has 0 radical (unpaired) electrons. The molecule has 0 bridgehead atoms. The van der Waals surface area contributed by atoms with Gasteiger partial charge in [0.05, 0.1) is 4.88 Å². The molecule has 3 rings (SSSR count). The summed E-state index contributed by atoms with van der Waals surface area (Å²) in [5.74, 6) is 0.0992. The molecular formula is C16H13NO2S. The van der Waals surface area contributed by atoms with Crippen LogP contribution in [0.5, 0.6) is 5.75 Å². The van der Waals surface area contributed by atoms with E-state index in [4.69, 9.17) is 0 Å². The van der Waals surface area contributed by atoms with Crippen LogP contribution in [-0.4, -0.2) is 10.9 Å². The second-order valence-corrected chi connectivity index (χ2v) is 5.93. The van der Waals surface area contributed by atoms with Crippen molar-refractivity contribution in [2.45, 2.75) is 25.7 Å². The van der Waals surface area contributed by atoms with Crippen molar-refractivity contribution in [3.63, 3.8) is 0 Å². The monoisotopic (exact) mass is 283 g/mol. The summed E-state index contributed by atoms with van der Waals surface area (Å²) in [4.78, 5) is 14.0. The summed E-state index contributed by atoms with van der Waals surface area (Å²) < 4.78 is 0. The van der Waals surface area contributed by atoms with E-state index in [9.17, 15) is 15.2 Å². The van der Waals surface area contributed by atoms with Crippen molar-refractivity contribution >= 4 is 17.1 Å². The van der Waals surface area contributed by atoms with Crippen LogP contribution in [0.25, 0.3) is 0 Å². The van der Waals surface area contributed by atoms with Gasteiger partial charge in [0.15, 0.2) is 0 Å². The number of benzene rings is 1. The van der Waals surface area contributed by atoms with Crippen LogP contribution < -0.4 is 0 Å². The molecule has 0 fully saturated rings. The molecule has 1 aromatic carbocycles. The number of phenolic OH excluding ortho intramolecular Hbond substituents is 1. The van der Waals surface area contributed by atoms with E-state index in [1.807, 2.05) is 0 Å². The molecule has 1 aliphatic rings. The maximum Gasteiger partial charge on any atom is 0.203 e. The average Bonchev–Trinajstić information content (AvgIpc) is 2.86. The third-order valence-electron chi connectivity index (χ3n) is 3.66. The molecule has 20 heavy (non-hydrogen) atoms. The maximum absolute atomic E-state index is 12.6. The minimum absolute atomic E-state index is 0.0466. The van der Waals surface area contributed by atoms with Crippen molar-refractivity contribution in [3.05, 3.63) is 50.7 Å². The number of ketones is 1. The molecular weight excluding hydrogens is 270 g/mol. The van der Waals surface area contributed by atoms with Crippen molar-refractivity contribution in [2.24, 2.45) is 0 Å². The van der Waals surface area contributed by atoms with Crippen molar-refractivity contribution in [1.82, 2.24) is 0 Å². The van der Waals surface area contributed by atoms with Crippen molar-refractivity contribution in [1.29, 1.82) is 5.26 Å². The fourth-order valence-electron chi connectivity index (χ4n) is 2.65. The number of fused-ring (bicyclic) bond motifs is 1. The number of aromatic hydroxyl groups is 1. The van der Waals surface area contributed by atoms with Gasteiger partial charge in [-0.2, -0.15) is 5.26 Å². The Bertz CT molecular complexity index is 707. The molecule has 1 N–H and O–H groups in total. The highest BCUT2D eigenvalue weighted by Gasteiger charge is 2.25. The lowest BCUT2D eigenvalue weighted by atomic mass is 9.90. The van der Waals surface area contributed by atoms with Gasteiger partial charge < -0.3 is 5.11 Å². The van der Waals surface area contributed by atoms with Gasteiger partial charge >= 0.3 is 0 Å². The van der Waals surface area contributed by atoms with Gasteiger partial charge in [0.2, 0.25) is 5.78 Å². The number of carbonyl (C=O) groups excluding carboxylic acids is 1. The Labute approximate surface area is 121 Å². The van der Waals surface area contributed by atoms with E-state index in [1.54, 1.807) is 12.1 Å². The third-order valence-corrected chi connectivity index (χ3v) is 4.84. The van der Waals surface area contributed by atoms with E-state index in [0.29, 0.717) is 15.3 Å². The molecule has 0 saturated heterocycles. The highest BCUT2D eigenvalue weighted by atomic mass is 32.1. The second kappa shape index (κ2) is 5.10. The zero-order chi connectivity index (χ0) is 14.1. The van der Waals surface area contributed by atoms with Gasteiger partial charge in [0, 0.05) is 5.56 Å². The van der Waals surface area contributed by atoms with E-state index in [2.05, 4.69) is 6.07 Å². The third kappa shape index (κ3) is 2.10. The molecule has 0 unspecified atom stereocenters. The predicted molar refractivity (Wildman–Crippen MR) is 77.2 cm³/mol. The highest BCUT2D eigenvalue weighted by Crippen LogP contribution is 2.35. The summed E-state index contributed by atoms with van der Waals surface area (Å²) in [6.45, 7) is 0. The van der Waals surface area contributed by atoms with Crippen LogP contribution in [-0.2, 0) is 12.8 Å². The summed E-state index contributed by atoms with van der Waals surface area (Å²) in [6.07, 6.45) is 3.94. The number of phenols is 1. The quantitative estimate of drug-likeness (QED) is 0.859. The molecule has 0 saturated carbocycles. The lowest BCUT2D eigenvalue weighted by Gasteiger charge is -2.12. The zero-order valence-electron chi connectivity index (χ0n) is 10.8. The van der Waals surface area contributed by atoms with Gasteiger partial charge in [0.1, 0.15) is 16.7 Å². The Balaban J connectivity index is 2.06. The Hall–Kier alpha value is -2.12. The Kier molecular flexibility index (Phi) is 3.29. The highest BCUT2D eigenvalue weighted by molar-refractivity contribution is 7.15. The SMILES string of the molecule is N#Cc1sc(C(=O)c2ccc(O)cc2)c2c1CCCC2. The van der Waals surface area contributed by atoms with Crippen LogP contribution in [0.1, 0.15) is 44.1 Å². The number of thiophene rings is 1. The van der Waals surface area contributed by atoms with Crippen LogP contribution in [0.2, 0.25) is 0 Å². The molecule has 0 spiro atoms. The van der Waals surface area contributed by atoms with E-state index in [0.717, 1.165) is 36.8 Å². The summed E-state index contributed by atoms with van der Waals surface area (Å²) in [5, 5.41) is 18.5. The fraction of sp³-hybridized carbons (Fsp3) is 0.250. The standard InChI is InChI=1S/C16H13NO2S/c17-9-14-12-3-1-2-4-13(12)16(20-14)15(19)10-5-7-11(18)8-6-10/h5-8,18H,1-4H2. The zero-order valence-corrected chi connectivity index (χ0v) is 11.7. The molecule has 0 amide bonds. The number of nitrogens with zero attached hydrogens (tertiary/aromatic N) is 1. The van der Waals surface area contributed by atoms with Gasteiger partial charge in [0.25, 0.3) is 0 Å². The second-order valence-electron chi connectivity index (χ2n) is 4.91. The smallest absolute Gasteiger partial charge is 0.203 e. The first-order valence-corrected chi connectivity index (χ1v) is 7.40. The van der Waals surface area contributed by atoms with Crippen LogP contribution in [0, 0.1) is 11.3 Å². The summed E-state index contributed by atoms with van der Waals surface area (Å²) in [5.41, 5.74) is 2.70. The van der Waals surface area contributed by atoms with Crippen LogP contribution in [0.4, 0.5) is 0 Å². The Morgan fingerprint density at radius 1 is 1.15 bits per heavy atom. The van der Waals surface area contributed by atoms with E-state index < -0.39 is 0 Å². The number of hydrogen-bond acceptors (Lipinski definition) is 4. The van der Waals surface area contributed by atoms with E-state index in [-0.39, 0.29) is 11.5 Å². The lowest BCUT2D eigenvalue weighted by molar-refractivity contribution is 0.104. The van der Waals surface area contributed by atoms with Gasteiger partial charge in [-0.05, 0) is 61.1 Å². The fourth-order valence-corrected chi connectivity index (χ4v) is 3.81. The predicted octanol–water partition coefficient (Wildman–Crippen LogP) is 3.44. The number of hydrogen-bond donors (Lipinski definition) is 1. The molecule has 4 heteroatoms. The Morgan fingerprint density at radius 2 is 1.80 bits per heavy atom. The molecule has 3 nitrogen and oxygen atoms in total. The van der Waals surface area contributed by atoms with Gasteiger partial charge in [-0.15, -0.1) is 11.3 Å². The lowest BCUT2D eigenvalue weighted by Crippen LogP contribution is -2.07. The van der Waals surface area contributed by atoms with Gasteiger partial charge in [-0.1, -0.05) is 0 Å². The minimum atomic E-state index is -0.0466. The normalized spacial score (nSPS) is 13.6. The van der Waals surface area contributed by atoms with Gasteiger partial charge in [-0.3, -0.25) is 4.79 Å². The van der Waals surface area contributed by atoms with Crippen LogP contribution in [0.15, 0.2) is 24.3 Å². The topological polar surface area (TPSA) is 61.1 Å². The summed E-state index contributed by atoms with van der Waals surface area (Å²) in [7, 11) is 0. The van der Waals surface area contributed by atoms with Crippen molar-refractivity contribution in [2.75, 3.05) is 0 Å². The first kappa shape index (κ1) is 12.9. The first-order chi connectivity index (χ1) is 9.70. The van der Waals surface area contributed by atoms with E-state index >= 15 is 0 Å². The molecule has 0 aliphatic heterocycles. The molecule has 1 heterocycles. The van der Waals surface area contributed by atoms with Crippen LogP contribution in [0.3, 0.4) is 0 Å². The van der Waals surface area contributed by atoms with Crippen LogP contribution >= 0.6 is 11.3 Å². The van der Waals surface area contributed by atoms with Crippen molar-refractivity contribution < 1.29 is 9.90 Å². The van der Waals surface area contributed by atoms with E-state index in [1.165, 1.54) is 23.5 Å². The maximum atomic E-state index is 12.6. The molecule has 1 aromatic heterocycles. The molecule has 1 aliphatic carbocycles. The van der Waals surface area contributed by atoms with Crippen molar-refractivity contribution in [3.8, 4) is 11.8 Å². The number of rotatable bonds is 2. The Morgan fingerprint density at radius 3 is 2.45 bits per heavy atom.